The third-order valence-electron chi connectivity index (χ3n) is 2.62. The number of hydrogen-bond donors (Lipinski definition) is 1. The minimum Gasteiger partial charge on any atom is -0.471 e. The second kappa shape index (κ2) is 9.16. The Bertz CT molecular complexity index is 399. The van der Waals surface area contributed by atoms with Gasteiger partial charge < -0.3 is 14.8 Å². The van der Waals surface area contributed by atoms with Crippen molar-refractivity contribution in [3.8, 4) is 5.88 Å². The molecule has 1 rings (SSSR count). The Morgan fingerprint density at radius 1 is 1.35 bits per heavy atom. The number of pyridine rings is 1. The first-order valence-electron chi connectivity index (χ1n) is 7.12. The zero-order valence-corrected chi connectivity index (χ0v) is 13.5. The van der Waals surface area contributed by atoms with Crippen LogP contribution in [0.25, 0.3) is 0 Å². The third kappa shape index (κ3) is 6.55. The highest BCUT2D eigenvalue weighted by atomic mass is 35.5. The number of hydrogen-bond acceptors (Lipinski definition) is 4. The topological polar surface area (TPSA) is 43.4 Å². The van der Waals surface area contributed by atoms with E-state index in [1.165, 1.54) is 0 Å². The first-order chi connectivity index (χ1) is 9.52. The summed E-state index contributed by atoms with van der Waals surface area (Å²) in [5, 5.41) is 3.90. The lowest BCUT2D eigenvalue weighted by Crippen LogP contribution is -2.20. The van der Waals surface area contributed by atoms with Gasteiger partial charge in [-0.05, 0) is 37.9 Å². The van der Waals surface area contributed by atoms with E-state index in [1.54, 1.807) is 6.20 Å². The molecule has 1 unspecified atom stereocenters. The van der Waals surface area contributed by atoms with Crippen LogP contribution in [0.15, 0.2) is 12.3 Å². The highest BCUT2D eigenvalue weighted by Gasteiger charge is 2.10. The molecule has 0 saturated heterocycles. The van der Waals surface area contributed by atoms with Gasteiger partial charge in [-0.25, -0.2) is 4.98 Å². The van der Waals surface area contributed by atoms with Crippen molar-refractivity contribution in [2.75, 3.05) is 19.8 Å². The maximum Gasteiger partial charge on any atom is 0.232 e. The molecule has 114 valence electrons. The predicted molar refractivity (Wildman–Crippen MR) is 82.4 cm³/mol. The fourth-order valence-corrected chi connectivity index (χ4v) is 1.90. The largest absolute Gasteiger partial charge is 0.471 e. The molecule has 5 heteroatoms. The first-order valence-corrected chi connectivity index (χ1v) is 7.50. The fraction of sp³-hybridized carbons (Fsp3) is 0.667. The van der Waals surface area contributed by atoms with E-state index >= 15 is 0 Å². The molecule has 0 aliphatic carbocycles. The van der Waals surface area contributed by atoms with E-state index < -0.39 is 0 Å². The van der Waals surface area contributed by atoms with Gasteiger partial charge in [0.2, 0.25) is 5.88 Å². The van der Waals surface area contributed by atoms with Crippen LogP contribution < -0.4 is 10.1 Å². The van der Waals surface area contributed by atoms with Crippen molar-refractivity contribution in [3.63, 3.8) is 0 Å². The van der Waals surface area contributed by atoms with Gasteiger partial charge in [0.05, 0.1) is 6.61 Å². The molecule has 0 bridgehead atoms. The highest BCUT2D eigenvalue weighted by Crippen LogP contribution is 2.23. The van der Waals surface area contributed by atoms with Gasteiger partial charge in [-0.3, -0.25) is 0 Å². The highest BCUT2D eigenvalue weighted by molar-refractivity contribution is 6.31. The Kier molecular flexibility index (Phi) is 7.88. The fourth-order valence-electron chi connectivity index (χ4n) is 1.66. The van der Waals surface area contributed by atoms with Gasteiger partial charge in [0.25, 0.3) is 0 Å². The predicted octanol–water partition coefficient (Wildman–Crippen LogP) is 3.28. The molecule has 1 heterocycles. The van der Waals surface area contributed by atoms with E-state index in [4.69, 9.17) is 21.1 Å². The molecule has 0 aromatic carbocycles. The molecule has 0 amide bonds. The lowest BCUT2D eigenvalue weighted by atomic mass is 10.2. The molecule has 1 aromatic heterocycles. The number of rotatable bonds is 9. The average molecular weight is 301 g/mol. The molecule has 1 atom stereocenters. The van der Waals surface area contributed by atoms with Crippen molar-refractivity contribution in [2.24, 2.45) is 5.92 Å². The van der Waals surface area contributed by atoms with Crippen molar-refractivity contribution in [1.82, 2.24) is 10.3 Å². The molecule has 1 N–H and O–H groups in total. The molecule has 0 aliphatic heterocycles. The SMILES string of the molecule is CCOCC(C)Oc1ncc(CNCC(C)C)cc1Cl. The summed E-state index contributed by atoms with van der Waals surface area (Å²) in [6, 6.07) is 1.89. The molecule has 0 fully saturated rings. The molecule has 0 saturated carbocycles. The zero-order valence-electron chi connectivity index (χ0n) is 12.8. The molecular weight excluding hydrogens is 276 g/mol. The molecule has 1 aromatic rings. The number of aromatic nitrogens is 1. The van der Waals surface area contributed by atoms with E-state index in [2.05, 4.69) is 24.1 Å². The maximum absolute atomic E-state index is 6.19. The average Bonchev–Trinajstić information content (AvgIpc) is 2.39. The van der Waals surface area contributed by atoms with Crippen molar-refractivity contribution in [1.29, 1.82) is 0 Å². The van der Waals surface area contributed by atoms with E-state index in [9.17, 15) is 0 Å². The van der Waals surface area contributed by atoms with Gasteiger partial charge in [0.1, 0.15) is 11.1 Å². The Hall–Kier alpha value is -0.840. The van der Waals surface area contributed by atoms with Crippen LogP contribution in [0.5, 0.6) is 5.88 Å². The number of halogens is 1. The number of nitrogens with zero attached hydrogens (tertiary/aromatic N) is 1. The Labute approximate surface area is 126 Å². The van der Waals surface area contributed by atoms with Gasteiger partial charge in [0.15, 0.2) is 0 Å². The van der Waals surface area contributed by atoms with Gasteiger partial charge in [-0.1, -0.05) is 25.4 Å². The van der Waals surface area contributed by atoms with Crippen LogP contribution in [-0.4, -0.2) is 30.8 Å². The lowest BCUT2D eigenvalue weighted by molar-refractivity contribution is 0.0634. The molecule has 0 radical (unpaired) electrons. The summed E-state index contributed by atoms with van der Waals surface area (Å²) < 4.78 is 11.0. The van der Waals surface area contributed by atoms with Crippen molar-refractivity contribution in [2.45, 2.75) is 40.3 Å². The van der Waals surface area contributed by atoms with Crippen LogP contribution in [0.1, 0.15) is 33.3 Å². The van der Waals surface area contributed by atoms with E-state index in [0.29, 0.717) is 30.0 Å². The normalized spacial score (nSPS) is 12.7. The van der Waals surface area contributed by atoms with Crippen LogP contribution in [0, 0.1) is 5.92 Å². The summed E-state index contributed by atoms with van der Waals surface area (Å²) in [5.41, 5.74) is 1.06. The maximum atomic E-state index is 6.19. The number of ether oxygens (including phenoxy) is 2. The summed E-state index contributed by atoms with van der Waals surface area (Å²) in [6.07, 6.45) is 1.73. The summed E-state index contributed by atoms with van der Waals surface area (Å²) in [6.45, 7) is 11.2. The lowest BCUT2D eigenvalue weighted by Gasteiger charge is -2.15. The van der Waals surface area contributed by atoms with Crippen molar-refractivity contribution in [3.05, 3.63) is 22.8 Å². The number of nitrogens with one attached hydrogen (secondary N) is 1. The summed E-state index contributed by atoms with van der Waals surface area (Å²) in [4.78, 5) is 4.27. The van der Waals surface area contributed by atoms with E-state index in [1.807, 2.05) is 19.9 Å². The monoisotopic (exact) mass is 300 g/mol. The van der Waals surface area contributed by atoms with Gasteiger partial charge in [-0.2, -0.15) is 0 Å². The molecule has 20 heavy (non-hydrogen) atoms. The third-order valence-corrected chi connectivity index (χ3v) is 2.89. The Morgan fingerprint density at radius 3 is 2.70 bits per heavy atom. The van der Waals surface area contributed by atoms with Crippen LogP contribution in [0.3, 0.4) is 0 Å². The van der Waals surface area contributed by atoms with Gasteiger partial charge >= 0.3 is 0 Å². The summed E-state index contributed by atoms with van der Waals surface area (Å²) >= 11 is 6.19. The van der Waals surface area contributed by atoms with Gasteiger partial charge in [0, 0.05) is 19.3 Å². The minimum atomic E-state index is -0.0649. The smallest absolute Gasteiger partial charge is 0.232 e. The van der Waals surface area contributed by atoms with Crippen LogP contribution in [0.4, 0.5) is 0 Å². The first kappa shape index (κ1) is 17.2. The second-order valence-electron chi connectivity index (χ2n) is 5.24. The standard InChI is InChI=1S/C15H25ClN2O2/c1-5-19-10-12(4)20-15-14(16)6-13(9-18-15)8-17-7-11(2)3/h6,9,11-12,17H,5,7-8,10H2,1-4H3. The minimum absolute atomic E-state index is 0.0649. The van der Waals surface area contributed by atoms with Crippen molar-refractivity contribution >= 4 is 11.6 Å². The molecular formula is C15H25ClN2O2. The van der Waals surface area contributed by atoms with Crippen LogP contribution in [-0.2, 0) is 11.3 Å². The van der Waals surface area contributed by atoms with Crippen LogP contribution >= 0.6 is 11.6 Å². The van der Waals surface area contributed by atoms with Crippen LogP contribution in [0.2, 0.25) is 5.02 Å². The zero-order chi connectivity index (χ0) is 15.0. The quantitative estimate of drug-likeness (QED) is 0.760. The molecule has 0 spiro atoms. The molecule has 0 aliphatic rings. The van der Waals surface area contributed by atoms with Gasteiger partial charge in [-0.15, -0.1) is 0 Å². The van der Waals surface area contributed by atoms with Crippen molar-refractivity contribution < 1.29 is 9.47 Å². The second-order valence-corrected chi connectivity index (χ2v) is 5.65. The molecule has 4 nitrogen and oxygen atoms in total. The van der Waals surface area contributed by atoms with E-state index in [0.717, 1.165) is 18.7 Å². The Morgan fingerprint density at radius 2 is 2.10 bits per heavy atom. The van der Waals surface area contributed by atoms with E-state index in [-0.39, 0.29) is 6.10 Å². The summed E-state index contributed by atoms with van der Waals surface area (Å²) in [5.74, 6) is 1.09. The Balaban J connectivity index is 2.50. The summed E-state index contributed by atoms with van der Waals surface area (Å²) in [7, 11) is 0.